The van der Waals surface area contributed by atoms with Crippen LogP contribution in [0.1, 0.15) is 26.5 Å². The molecule has 0 atom stereocenters. The lowest BCUT2D eigenvalue weighted by Gasteiger charge is -2.07. The fourth-order valence-corrected chi connectivity index (χ4v) is 2.56. The zero-order chi connectivity index (χ0) is 14.3. The van der Waals surface area contributed by atoms with Crippen LogP contribution in [0.3, 0.4) is 0 Å². The van der Waals surface area contributed by atoms with Crippen molar-refractivity contribution < 1.29 is 0 Å². The van der Waals surface area contributed by atoms with Gasteiger partial charge in [-0.3, -0.25) is 4.98 Å². The number of rotatable bonds is 3. The molecule has 1 aromatic carbocycles. The average molecular weight is 294 g/mol. The standard InChI is InChI=1S/C14H14ClNS.C2H6/c1-3-17-11-7-8-13(15)12(9-11)14-6-4-5-10(2)16-14;1-2/h4-9H,3H2,1-2H3;1-2H3. The first-order chi connectivity index (χ1) is 9.20. The van der Waals surface area contributed by atoms with Gasteiger partial charge in [-0.2, -0.15) is 0 Å². The van der Waals surface area contributed by atoms with E-state index in [0.717, 1.165) is 27.7 Å². The molecule has 1 aromatic heterocycles. The molecule has 0 radical (unpaired) electrons. The van der Waals surface area contributed by atoms with Gasteiger partial charge in [-0.1, -0.05) is 38.4 Å². The number of halogens is 1. The third kappa shape index (κ3) is 4.55. The Labute approximate surface area is 125 Å². The van der Waals surface area contributed by atoms with E-state index in [1.165, 1.54) is 4.90 Å². The van der Waals surface area contributed by atoms with Crippen molar-refractivity contribution in [1.82, 2.24) is 4.98 Å². The topological polar surface area (TPSA) is 12.9 Å². The summed E-state index contributed by atoms with van der Waals surface area (Å²) in [5.41, 5.74) is 2.95. The van der Waals surface area contributed by atoms with Crippen molar-refractivity contribution in [2.75, 3.05) is 5.75 Å². The van der Waals surface area contributed by atoms with Gasteiger partial charge in [0.1, 0.15) is 0 Å². The van der Waals surface area contributed by atoms with E-state index in [0.29, 0.717) is 0 Å². The van der Waals surface area contributed by atoms with E-state index in [1.54, 1.807) is 0 Å². The number of hydrogen-bond donors (Lipinski definition) is 0. The number of aryl methyl sites for hydroxylation is 1. The lowest BCUT2D eigenvalue weighted by molar-refractivity contribution is 1.20. The van der Waals surface area contributed by atoms with Crippen molar-refractivity contribution in [2.24, 2.45) is 0 Å². The second kappa shape index (κ2) is 8.23. The van der Waals surface area contributed by atoms with E-state index in [9.17, 15) is 0 Å². The number of benzene rings is 1. The van der Waals surface area contributed by atoms with Gasteiger partial charge in [-0.05, 0) is 43.0 Å². The molecule has 0 aliphatic heterocycles. The molecule has 1 nitrogen and oxygen atoms in total. The second-order valence-corrected chi connectivity index (χ2v) is 5.48. The molecule has 0 aliphatic carbocycles. The number of hydrogen-bond acceptors (Lipinski definition) is 2. The van der Waals surface area contributed by atoms with E-state index in [2.05, 4.69) is 24.0 Å². The van der Waals surface area contributed by atoms with E-state index in [1.807, 2.05) is 56.8 Å². The van der Waals surface area contributed by atoms with Gasteiger partial charge in [-0.15, -0.1) is 11.8 Å². The highest BCUT2D eigenvalue weighted by atomic mass is 35.5. The minimum Gasteiger partial charge on any atom is -0.253 e. The molecule has 2 rings (SSSR count). The Morgan fingerprint density at radius 1 is 1.16 bits per heavy atom. The summed E-state index contributed by atoms with van der Waals surface area (Å²) in [6, 6.07) is 12.1. The summed E-state index contributed by atoms with van der Waals surface area (Å²) in [5, 5.41) is 0.753. The Morgan fingerprint density at radius 3 is 2.53 bits per heavy atom. The first kappa shape index (κ1) is 16.1. The van der Waals surface area contributed by atoms with Gasteiger partial charge in [0.25, 0.3) is 0 Å². The molecular weight excluding hydrogens is 274 g/mol. The fourth-order valence-electron chi connectivity index (χ4n) is 1.65. The van der Waals surface area contributed by atoms with Crippen LogP contribution in [-0.4, -0.2) is 10.7 Å². The summed E-state index contributed by atoms with van der Waals surface area (Å²) in [7, 11) is 0. The molecule has 19 heavy (non-hydrogen) atoms. The van der Waals surface area contributed by atoms with E-state index in [-0.39, 0.29) is 0 Å². The first-order valence-electron chi connectivity index (χ1n) is 6.57. The molecule has 0 amide bonds. The molecule has 102 valence electrons. The van der Waals surface area contributed by atoms with E-state index >= 15 is 0 Å². The van der Waals surface area contributed by atoms with Crippen LogP contribution >= 0.6 is 23.4 Å². The molecule has 0 bridgehead atoms. The molecule has 0 fully saturated rings. The highest BCUT2D eigenvalue weighted by molar-refractivity contribution is 7.99. The molecule has 2 aromatic rings. The molecule has 0 aliphatic rings. The molecule has 3 heteroatoms. The smallest absolute Gasteiger partial charge is 0.0720 e. The van der Waals surface area contributed by atoms with Crippen LogP contribution in [0.25, 0.3) is 11.3 Å². The number of thioether (sulfide) groups is 1. The number of pyridine rings is 1. The van der Waals surface area contributed by atoms with E-state index in [4.69, 9.17) is 11.6 Å². The van der Waals surface area contributed by atoms with Crippen LogP contribution in [0.4, 0.5) is 0 Å². The Morgan fingerprint density at radius 2 is 1.89 bits per heavy atom. The van der Waals surface area contributed by atoms with Gasteiger partial charge < -0.3 is 0 Å². The molecule has 0 N–H and O–H groups in total. The van der Waals surface area contributed by atoms with Gasteiger partial charge in [0.2, 0.25) is 0 Å². The van der Waals surface area contributed by atoms with Crippen LogP contribution in [-0.2, 0) is 0 Å². The lowest BCUT2D eigenvalue weighted by atomic mass is 10.1. The molecule has 0 unspecified atom stereocenters. The zero-order valence-electron chi connectivity index (χ0n) is 11.9. The van der Waals surface area contributed by atoms with Crippen molar-refractivity contribution in [2.45, 2.75) is 32.6 Å². The molecule has 0 saturated heterocycles. The maximum absolute atomic E-state index is 6.23. The summed E-state index contributed by atoms with van der Waals surface area (Å²) in [6.07, 6.45) is 0. The molecule has 0 saturated carbocycles. The van der Waals surface area contributed by atoms with E-state index < -0.39 is 0 Å². The van der Waals surface area contributed by atoms with Crippen molar-refractivity contribution in [3.63, 3.8) is 0 Å². The van der Waals surface area contributed by atoms with Gasteiger partial charge in [0.05, 0.1) is 10.7 Å². The maximum atomic E-state index is 6.23. The Kier molecular flexibility index (Phi) is 6.96. The Bertz CT molecular complexity index is 526. The van der Waals surface area contributed by atoms with Gasteiger partial charge in [0, 0.05) is 16.2 Å². The SMILES string of the molecule is CC.CCSc1ccc(Cl)c(-c2cccc(C)n2)c1. The fraction of sp³-hybridized carbons (Fsp3) is 0.312. The zero-order valence-corrected chi connectivity index (χ0v) is 13.5. The largest absolute Gasteiger partial charge is 0.253 e. The minimum absolute atomic E-state index is 0.753. The lowest BCUT2D eigenvalue weighted by Crippen LogP contribution is -1.88. The normalized spacial score (nSPS) is 9.74. The first-order valence-corrected chi connectivity index (χ1v) is 7.93. The number of aromatic nitrogens is 1. The van der Waals surface area contributed by atoms with Crippen molar-refractivity contribution in [1.29, 1.82) is 0 Å². The Balaban J connectivity index is 0.000000861. The molecule has 1 heterocycles. The molecular formula is C16H20ClNS. The van der Waals surface area contributed by atoms with Crippen LogP contribution < -0.4 is 0 Å². The Hall–Kier alpha value is -0.990. The van der Waals surface area contributed by atoms with Crippen LogP contribution in [0.5, 0.6) is 0 Å². The quantitative estimate of drug-likeness (QED) is 0.659. The van der Waals surface area contributed by atoms with Gasteiger partial charge >= 0.3 is 0 Å². The summed E-state index contributed by atoms with van der Waals surface area (Å²) in [5.74, 6) is 1.06. The highest BCUT2D eigenvalue weighted by Gasteiger charge is 2.06. The average Bonchev–Trinajstić information content (AvgIpc) is 2.43. The van der Waals surface area contributed by atoms with Crippen LogP contribution in [0.2, 0.25) is 5.02 Å². The van der Waals surface area contributed by atoms with Gasteiger partial charge in [-0.25, -0.2) is 0 Å². The van der Waals surface area contributed by atoms with Crippen LogP contribution in [0, 0.1) is 6.92 Å². The summed E-state index contributed by atoms with van der Waals surface area (Å²) >= 11 is 8.04. The maximum Gasteiger partial charge on any atom is 0.0720 e. The van der Waals surface area contributed by atoms with Crippen LogP contribution in [0.15, 0.2) is 41.3 Å². The number of nitrogens with zero attached hydrogens (tertiary/aromatic N) is 1. The highest BCUT2D eigenvalue weighted by Crippen LogP contribution is 2.31. The predicted octanol–water partition coefficient (Wildman–Crippen LogP) is 5.85. The van der Waals surface area contributed by atoms with Crippen molar-refractivity contribution >= 4 is 23.4 Å². The van der Waals surface area contributed by atoms with Gasteiger partial charge in [0.15, 0.2) is 0 Å². The predicted molar refractivity (Wildman–Crippen MR) is 87.2 cm³/mol. The van der Waals surface area contributed by atoms with Crippen molar-refractivity contribution in [3.05, 3.63) is 47.1 Å². The minimum atomic E-state index is 0.753. The monoisotopic (exact) mass is 293 g/mol. The molecule has 0 spiro atoms. The van der Waals surface area contributed by atoms with Crippen molar-refractivity contribution in [3.8, 4) is 11.3 Å². The summed E-state index contributed by atoms with van der Waals surface area (Å²) in [4.78, 5) is 5.74. The second-order valence-electron chi connectivity index (χ2n) is 3.74. The third-order valence-corrected chi connectivity index (χ3v) is 3.62. The third-order valence-electron chi connectivity index (χ3n) is 2.41. The summed E-state index contributed by atoms with van der Waals surface area (Å²) < 4.78 is 0. The summed E-state index contributed by atoms with van der Waals surface area (Å²) in [6.45, 7) is 8.13.